The van der Waals surface area contributed by atoms with E-state index in [0.29, 0.717) is 15.0 Å². The molecule has 0 saturated heterocycles. The molecule has 15 heavy (non-hydrogen) atoms. The predicted molar refractivity (Wildman–Crippen MR) is 64.1 cm³/mol. The van der Waals surface area contributed by atoms with Gasteiger partial charge in [0.2, 0.25) is 0 Å². The van der Waals surface area contributed by atoms with Crippen molar-refractivity contribution in [2.45, 2.75) is 11.7 Å². The maximum absolute atomic E-state index is 5.11. The van der Waals surface area contributed by atoms with Crippen LogP contribution >= 0.6 is 0 Å². The Bertz CT molecular complexity index is 348. The molecule has 0 aliphatic carbocycles. The van der Waals surface area contributed by atoms with Crippen LogP contribution < -0.4 is 10.1 Å². The number of nitrogens with one attached hydrogen (secondary N) is 1. The first-order chi connectivity index (χ1) is 7.38. The van der Waals surface area contributed by atoms with E-state index in [4.69, 9.17) is 4.74 Å². The molecule has 3 nitrogen and oxygen atoms in total. The van der Waals surface area contributed by atoms with Crippen LogP contribution in [0.1, 0.15) is 6.42 Å². The molecule has 0 spiro atoms. The van der Waals surface area contributed by atoms with Gasteiger partial charge in [0.05, 0.1) is 0 Å². The summed E-state index contributed by atoms with van der Waals surface area (Å²) < 4.78 is 6.27. The molecule has 80 valence electrons. The Morgan fingerprint density at radius 3 is 2.73 bits per heavy atom. The van der Waals surface area contributed by atoms with Crippen molar-refractivity contribution in [3.05, 3.63) is 24.3 Å². The second-order valence-corrected chi connectivity index (χ2v) is 5.52. The molecule has 1 aromatic rings. The van der Waals surface area contributed by atoms with E-state index in [9.17, 15) is 0 Å². The topological polar surface area (TPSA) is 33.6 Å². The van der Waals surface area contributed by atoms with E-state index < -0.39 is 0 Å². The first kappa shape index (κ1) is 10.5. The van der Waals surface area contributed by atoms with Gasteiger partial charge in [0, 0.05) is 0 Å². The molecule has 0 fully saturated rings. The van der Waals surface area contributed by atoms with Gasteiger partial charge in [-0.3, -0.25) is 0 Å². The molecule has 0 radical (unpaired) electrons. The molecule has 1 aliphatic rings. The number of anilines is 1. The Hall–Kier alpha value is -0.991. The molecule has 0 amide bonds. The summed E-state index contributed by atoms with van der Waals surface area (Å²) in [5.41, 5.74) is 1.10. The summed E-state index contributed by atoms with van der Waals surface area (Å²) in [4.78, 5) is 4.47. The van der Waals surface area contributed by atoms with E-state index in [2.05, 4.69) is 10.3 Å². The van der Waals surface area contributed by atoms with Crippen molar-refractivity contribution < 1.29 is 4.74 Å². The Morgan fingerprint density at radius 2 is 2.13 bits per heavy atom. The van der Waals surface area contributed by atoms with Crippen LogP contribution in [-0.4, -0.2) is 33.3 Å². The van der Waals surface area contributed by atoms with Gasteiger partial charge in [-0.25, -0.2) is 0 Å². The fourth-order valence-corrected chi connectivity index (χ4v) is 3.09. The number of rotatable bonds is 2. The van der Waals surface area contributed by atoms with Crippen molar-refractivity contribution in [2.24, 2.45) is 4.99 Å². The molecule has 2 rings (SSSR count). The minimum atomic E-state index is 0.526. The van der Waals surface area contributed by atoms with E-state index >= 15 is 0 Å². The standard InChI is InChI=1S/C11H14N2OSe/c1-14-10-5-3-9(4-6-10)13-11-12-7-2-8-15-11/h3-6H,2,7-8H2,1H3,(H,12,13). The van der Waals surface area contributed by atoms with Gasteiger partial charge in [-0.15, -0.1) is 0 Å². The fourth-order valence-electron chi connectivity index (χ4n) is 1.33. The third-order valence-corrected chi connectivity index (χ3v) is 4.23. The second-order valence-electron chi connectivity index (χ2n) is 3.24. The summed E-state index contributed by atoms with van der Waals surface area (Å²) in [6.45, 7) is 0.972. The summed E-state index contributed by atoms with van der Waals surface area (Å²) >= 11 is 0.526. The Balaban J connectivity index is 2.00. The SMILES string of the molecule is COc1ccc(NC2=NCCC[Se]2)cc1. The monoisotopic (exact) mass is 270 g/mol. The number of nitrogens with zero attached hydrogens (tertiary/aromatic N) is 1. The number of amidine groups is 1. The zero-order chi connectivity index (χ0) is 10.5. The van der Waals surface area contributed by atoms with Gasteiger partial charge >= 0.3 is 95.8 Å². The van der Waals surface area contributed by atoms with Crippen molar-refractivity contribution in [3.63, 3.8) is 0 Å². The Morgan fingerprint density at radius 1 is 1.33 bits per heavy atom. The van der Waals surface area contributed by atoms with Gasteiger partial charge in [0.1, 0.15) is 0 Å². The average molecular weight is 269 g/mol. The molecule has 0 aromatic heterocycles. The summed E-state index contributed by atoms with van der Waals surface area (Å²) in [6, 6.07) is 7.95. The molecule has 1 N–H and O–H groups in total. The predicted octanol–water partition coefficient (Wildman–Crippen LogP) is 1.99. The molecule has 0 bridgehead atoms. The third kappa shape index (κ3) is 2.98. The number of benzene rings is 1. The van der Waals surface area contributed by atoms with Crippen molar-refractivity contribution >= 4 is 25.4 Å². The quantitative estimate of drug-likeness (QED) is 0.833. The van der Waals surface area contributed by atoms with Gasteiger partial charge in [-0.05, 0) is 0 Å². The van der Waals surface area contributed by atoms with Crippen LogP contribution in [0.25, 0.3) is 0 Å². The van der Waals surface area contributed by atoms with Crippen LogP contribution in [0.5, 0.6) is 5.75 Å². The number of hydrogen-bond acceptors (Lipinski definition) is 3. The van der Waals surface area contributed by atoms with Crippen LogP contribution in [0.3, 0.4) is 0 Å². The van der Waals surface area contributed by atoms with Crippen molar-refractivity contribution in [3.8, 4) is 5.75 Å². The summed E-state index contributed by atoms with van der Waals surface area (Å²) in [6.07, 6.45) is 1.24. The number of aliphatic imine (C=N–C) groups is 1. The van der Waals surface area contributed by atoms with Crippen LogP contribution in [0.4, 0.5) is 5.69 Å². The van der Waals surface area contributed by atoms with E-state index in [1.165, 1.54) is 16.5 Å². The summed E-state index contributed by atoms with van der Waals surface area (Å²) in [5.74, 6) is 0.886. The van der Waals surface area contributed by atoms with E-state index in [0.717, 1.165) is 18.0 Å². The van der Waals surface area contributed by atoms with Crippen LogP contribution in [0.15, 0.2) is 29.3 Å². The zero-order valence-corrected chi connectivity index (χ0v) is 10.4. The van der Waals surface area contributed by atoms with Gasteiger partial charge in [-0.1, -0.05) is 0 Å². The zero-order valence-electron chi connectivity index (χ0n) is 8.69. The molecule has 0 saturated carbocycles. The van der Waals surface area contributed by atoms with Gasteiger partial charge in [-0.2, -0.15) is 0 Å². The molecule has 4 heteroatoms. The van der Waals surface area contributed by atoms with E-state index in [1.807, 2.05) is 24.3 Å². The summed E-state index contributed by atoms with van der Waals surface area (Å²) in [7, 11) is 1.68. The minimum absolute atomic E-state index is 0.526. The molecule has 1 heterocycles. The number of hydrogen-bond donors (Lipinski definition) is 1. The van der Waals surface area contributed by atoms with Crippen molar-refractivity contribution in [1.29, 1.82) is 0 Å². The van der Waals surface area contributed by atoms with E-state index in [1.54, 1.807) is 7.11 Å². The average Bonchev–Trinajstić information content (AvgIpc) is 2.31. The van der Waals surface area contributed by atoms with Gasteiger partial charge in [0.25, 0.3) is 0 Å². The van der Waals surface area contributed by atoms with Gasteiger partial charge in [0.15, 0.2) is 0 Å². The maximum atomic E-state index is 5.11. The molecule has 1 aliphatic heterocycles. The Kier molecular flexibility index (Phi) is 3.64. The molecular formula is C11H14N2OSe. The first-order valence-electron chi connectivity index (χ1n) is 4.97. The summed E-state index contributed by atoms with van der Waals surface area (Å²) in [5, 5.41) is 4.65. The van der Waals surface area contributed by atoms with E-state index in [-0.39, 0.29) is 0 Å². The Labute approximate surface area is 96.1 Å². The molecular weight excluding hydrogens is 255 g/mol. The number of ether oxygens (including phenoxy) is 1. The van der Waals surface area contributed by atoms with Crippen LogP contribution in [0, 0.1) is 0 Å². The van der Waals surface area contributed by atoms with Crippen LogP contribution in [0.2, 0.25) is 5.32 Å². The van der Waals surface area contributed by atoms with Crippen molar-refractivity contribution in [1.82, 2.24) is 0 Å². The number of methoxy groups -OCH3 is 1. The molecule has 0 unspecified atom stereocenters. The van der Waals surface area contributed by atoms with Crippen LogP contribution in [-0.2, 0) is 0 Å². The molecule has 1 aromatic carbocycles. The first-order valence-corrected chi connectivity index (χ1v) is 7.03. The third-order valence-electron chi connectivity index (χ3n) is 2.14. The normalized spacial score (nSPS) is 15.7. The fraction of sp³-hybridized carbons (Fsp3) is 0.364. The molecule has 0 atom stereocenters. The second kappa shape index (κ2) is 5.19. The van der Waals surface area contributed by atoms with Crippen molar-refractivity contribution in [2.75, 3.05) is 19.0 Å². The van der Waals surface area contributed by atoms with Gasteiger partial charge < -0.3 is 0 Å².